The highest BCUT2D eigenvalue weighted by molar-refractivity contribution is 7.09. The summed E-state index contributed by atoms with van der Waals surface area (Å²) in [6.07, 6.45) is 2.22. The van der Waals surface area contributed by atoms with E-state index in [2.05, 4.69) is 9.97 Å². The third kappa shape index (κ3) is 2.09. The molecule has 6 heteroatoms. The van der Waals surface area contributed by atoms with Gasteiger partial charge in [-0.05, 0) is 6.07 Å². The van der Waals surface area contributed by atoms with Crippen molar-refractivity contribution < 1.29 is 5.11 Å². The van der Waals surface area contributed by atoms with Crippen molar-refractivity contribution in [3.8, 4) is 0 Å². The van der Waals surface area contributed by atoms with Crippen LogP contribution >= 0.6 is 22.9 Å². The molecule has 3 N–H and O–H groups in total. The van der Waals surface area contributed by atoms with Crippen LogP contribution < -0.4 is 5.73 Å². The number of rotatable bonds is 2. The fourth-order valence-electron chi connectivity index (χ4n) is 1.20. The van der Waals surface area contributed by atoms with Gasteiger partial charge in [-0.25, -0.2) is 4.98 Å². The Morgan fingerprint density at radius 1 is 1.47 bits per heavy atom. The van der Waals surface area contributed by atoms with Crippen LogP contribution in [0.5, 0.6) is 0 Å². The molecule has 4 nitrogen and oxygen atoms in total. The summed E-state index contributed by atoms with van der Waals surface area (Å²) < 4.78 is 0. The molecule has 2 aromatic heterocycles. The normalized spacial score (nSPS) is 12.7. The third-order valence-electron chi connectivity index (χ3n) is 1.93. The number of nitrogen functional groups attached to an aromatic ring is 1. The molecule has 0 aliphatic rings. The van der Waals surface area contributed by atoms with Gasteiger partial charge in [0, 0.05) is 18.0 Å². The summed E-state index contributed by atoms with van der Waals surface area (Å²) in [5, 5.41) is 10.4. The monoisotopic (exact) mass is 241 g/mol. The average Bonchev–Trinajstić information content (AvgIpc) is 2.74. The van der Waals surface area contributed by atoms with Gasteiger partial charge in [0.15, 0.2) is 0 Å². The van der Waals surface area contributed by atoms with Gasteiger partial charge in [-0.15, -0.1) is 11.3 Å². The molecule has 78 valence electrons. The predicted molar refractivity (Wildman–Crippen MR) is 59.8 cm³/mol. The van der Waals surface area contributed by atoms with Crippen molar-refractivity contribution >= 4 is 28.8 Å². The SMILES string of the molecule is Nc1ncc(Cl)cc1C(O)c1cncs1. The highest BCUT2D eigenvalue weighted by Crippen LogP contribution is 2.29. The van der Waals surface area contributed by atoms with Crippen molar-refractivity contribution in [3.05, 3.63) is 39.4 Å². The van der Waals surface area contributed by atoms with E-state index in [1.807, 2.05) is 0 Å². The number of hydrogen-bond donors (Lipinski definition) is 2. The van der Waals surface area contributed by atoms with E-state index < -0.39 is 6.10 Å². The van der Waals surface area contributed by atoms with E-state index in [1.54, 1.807) is 17.8 Å². The van der Waals surface area contributed by atoms with Crippen molar-refractivity contribution in [1.29, 1.82) is 0 Å². The Balaban J connectivity index is 2.41. The molecule has 0 amide bonds. The van der Waals surface area contributed by atoms with Crippen LogP contribution in [0.2, 0.25) is 5.02 Å². The molecular formula is C9H8ClN3OS. The summed E-state index contributed by atoms with van der Waals surface area (Å²) >= 11 is 7.13. The van der Waals surface area contributed by atoms with E-state index >= 15 is 0 Å². The molecule has 0 aromatic carbocycles. The number of nitrogens with zero attached hydrogens (tertiary/aromatic N) is 2. The molecule has 0 aliphatic carbocycles. The van der Waals surface area contributed by atoms with E-state index in [-0.39, 0.29) is 5.82 Å². The van der Waals surface area contributed by atoms with E-state index in [0.717, 1.165) is 0 Å². The van der Waals surface area contributed by atoms with Gasteiger partial charge in [-0.2, -0.15) is 0 Å². The first kappa shape index (κ1) is 10.4. The Kier molecular flexibility index (Phi) is 2.86. The summed E-state index contributed by atoms with van der Waals surface area (Å²) in [5.41, 5.74) is 7.80. The Hall–Kier alpha value is -1.17. The second-order valence-corrected chi connectivity index (χ2v) is 4.29. The molecule has 0 saturated heterocycles. The fraction of sp³-hybridized carbons (Fsp3) is 0.111. The number of hydrogen-bond acceptors (Lipinski definition) is 5. The molecule has 0 bridgehead atoms. The second kappa shape index (κ2) is 4.14. The number of nitrogens with two attached hydrogens (primary N) is 1. The van der Waals surface area contributed by atoms with Crippen LogP contribution in [0, 0.1) is 0 Å². The molecule has 0 fully saturated rings. The first-order chi connectivity index (χ1) is 7.18. The van der Waals surface area contributed by atoms with E-state index in [1.165, 1.54) is 17.5 Å². The second-order valence-electron chi connectivity index (χ2n) is 2.93. The van der Waals surface area contributed by atoms with Gasteiger partial charge in [-0.1, -0.05) is 11.6 Å². The number of halogens is 1. The van der Waals surface area contributed by atoms with Gasteiger partial charge in [0.2, 0.25) is 0 Å². The van der Waals surface area contributed by atoms with Gasteiger partial charge < -0.3 is 10.8 Å². The molecule has 2 heterocycles. The van der Waals surface area contributed by atoms with Crippen LogP contribution in [0.1, 0.15) is 16.5 Å². The maximum Gasteiger partial charge on any atom is 0.129 e. The zero-order valence-corrected chi connectivity index (χ0v) is 9.16. The molecule has 0 saturated carbocycles. The van der Waals surface area contributed by atoms with Crippen LogP contribution in [0.25, 0.3) is 0 Å². The summed E-state index contributed by atoms with van der Waals surface area (Å²) in [6.45, 7) is 0. The summed E-state index contributed by atoms with van der Waals surface area (Å²) in [5.74, 6) is 0.278. The molecule has 2 aromatic rings. The topological polar surface area (TPSA) is 72.0 Å². The van der Waals surface area contributed by atoms with Crippen LogP contribution in [0.3, 0.4) is 0 Å². The molecule has 1 atom stereocenters. The van der Waals surface area contributed by atoms with Crippen molar-refractivity contribution in [3.63, 3.8) is 0 Å². The van der Waals surface area contributed by atoms with Crippen LogP contribution in [0.15, 0.2) is 24.0 Å². The van der Waals surface area contributed by atoms with Crippen LogP contribution in [-0.2, 0) is 0 Å². The van der Waals surface area contributed by atoms with Crippen LogP contribution in [-0.4, -0.2) is 15.1 Å². The highest BCUT2D eigenvalue weighted by atomic mass is 35.5. The summed E-state index contributed by atoms with van der Waals surface area (Å²) in [7, 11) is 0. The Morgan fingerprint density at radius 2 is 2.27 bits per heavy atom. The van der Waals surface area contributed by atoms with Gasteiger partial charge in [0.25, 0.3) is 0 Å². The lowest BCUT2D eigenvalue weighted by Gasteiger charge is -2.10. The number of pyridine rings is 1. The number of thiazole rings is 1. The quantitative estimate of drug-likeness (QED) is 0.842. The predicted octanol–water partition coefficient (Wildman–Crippen LogP) is 1.86. The number of aliphatic hydroxyl groups excluding tert-OH is 1. The largest absolute Gasteiger partial charge is 0.383 e. The molecule has 0 spiro atoms. The lowest BCUT2D eigenvalue weighted by Crippen LogP contribution is -2.04. The zero-order valence-electron chi connectivity index (χ0n) is 7.59. The first-order valence-electron chi connectivity index (χ1n) is 4.16. The molecule has 0 radical (unpaired) electrons. The van der Waals surface area contributed by atoms with Gasteiger partial charge in [0.05, 0.1) is 15.4 Å². The van der Waals surface area contributed by atoms with E-state index in [9.17, 15) is 5.11 Å². The lowest BCUT2D eigenvalue weighted by atomic mass is 10.1. The number of aromatic nitrogens is 2. The molecule has 1 unspecified atom stereocenters. The van der Waals surface area contributed by atoms with Gasteiger partial charge in [0.1, 0.15) is 11.9 Å². The minimum atomic E-state index is -0.816. The van der Waals surface area contributed by atoms with Crippen LogP contribution in [0.4, 0.5) is 5.82 Å². The van der Waals surface area contributed by atoms with Crippen molar-refractivity contribution in [1.82, 2.24) is 9.97 Å². The summed E-state index contributed by atoms with van der Waals surface area (Å²) in [6, 6.07) is 1.61. The highest BCUT2D eigenvalue weighted by Gasteiger charge is 2.16. The maximum absolute atomic E-state index is 9.98. The summed E-state index contributed by atoms with van der Waals surface area (Å²) in [4.78, 5) is 8.48. The number of aliphatic hydroxyl groups is 1. The molecular weight excluding hydrogens is 234 g/mol. The third-order valence-corrected chi connectivity index (χ3v) is 2.97. The number of anilines is 1. The lowest BCUT2D eigenvalue weighted by molar-refractivity contribution is 0.224. The maximum atomic E-state index is 9.98. The van der Waals surface area contributed by atoms with Crippen molar-refractivity contribution in [2.45, 2.75) is 6.10 Å². The Morgan fingerprint density at radius 3 is 2.93 bits per heavy atom. The van der Waals surface area contributed by atoms with E-state index in [0.29, 0.717) is 15.5 Å². The minimum absolute atomic E-state index is 0.278. The van der Waals surface area contributed by atoms with E-state index in [4.69, 9.17) is 17.3 Å². The van der Waals surface area contributed by atoms with Crippen molar-refractivity contribution in [2.24, 2.45) is 0 Å². The first-order valence-corrected chi connectivity index (χ1v) is 5.41. The van der Waals surface area contributed by atoms with Gasteiger partial charge in [-0.3, -0.25) is 4.98 Å². The molecule has 15 heavy (non-hydrogen) atoms. The standard InChI is InChI=1S/C9H8ClN3OS/c10-5-1-6(9(11)13-2-5)8(14)7-3-12-4-15-7/h1-4,8,14H,(H2,11,13). The Labute approximate surface area is 95.4 Å². The molecule has 0 aliphatic heterocycles. The fourth-order valence-corrected chi connectivity index (χ4v) is 1.99. The van der Waals surface area contributed by atoms with Crippen molar-refractivity contribution in [2.75, 3.05) is 5.73 Å². The smallest absolute Gasteiger partial charge is 0.129 e. The van der Waals surface area contributed by atoms with Gasteiger partial charge >= 0.3 is 0 Å². The Bertz CT molecular complexity index is 460. The zero-order chi connectivity index (χ0) is 10.8. The average molecular weight is 242 g/mol. The minimum Gasteiger partial charge on any atom is -0.383 e. The molecule has 2 rings (SSSR count).